The first-order chi connectivity index (χ1) is 16.1. The van der Waals surface area contributed by atoms with Crippen LogP contribution >= 0.6 is 0 Å². The van der Waals surface area contributed by atoms with Crippen molar-refractivity contribution in [2.24, 2.45) is 5.92 Å². The zero-order valence-corrected chi connectivity index (χ0v) is 21.2. The number of allylic oxidation sites excluding steroid dienone is 5. The predicted molar refractivity (Wildman–Crippen MR) is 142 cm³/mol. The van der Waals surface area contributed by atoms with Crippen LogP contribution in [0.3, 0.4) is 0 Å². The Hall–Kier alpha value is -1.71. The van der Waals surface area contributed by atoms with E-state index in [2.05, 4.69) is 25.8 Å². The van der Waals surface area contributed by atoms with Crippen LogP contribution in [0.4, 0.5) is 0 Å². The van der Waals surface area contributed by atoms with Crippen LogP contribution in [-0.4, -0.2) is 19.8 Å². The first kappa shape index (κ1) is 27.5. The largest absolute Gasteiger partial charge is 0.484 e. The van der Waals surface area contributed by atoms with E-state index in [-0.39, 0.29) is 12.5 Å². The summed E-state index contributed by atoms with van der Waals surface area (Å²) in [5.74, 6) is 3.00. The van der Waals surface area contributed by atoms with Gasteiger partial charge in [-0.3, -0.25) is 4.79 Å². The number of carbonyl (C=O) groups is 1. The van der Waals surface area contributed by atoms with Crippen LogP contribution in [0.5, 0.6) is 0 Å². The van der Waals surface area contributed by atoms with Crippen LogP contribution in [0.2, 0.25) is 11.6 Å². The van der Waals surface area contributed by atoms with Crippen molar-refractivity contribution in [1.82, 2.24) is 5.32 Å². The molecule has 1 N–H and O–H groups in total. The maximum Gasteiger partial charge on any atom is 0.262 e. The molecule has 0 atom stereocenters. The molecule has 0 aromatic rings. The number of nitrogens with one attached hydrogen (secondary N) is 1. The maximum atomic E-state index is 12.2. The molecule has 2 aliphatic rings. The second kappa shape index (κ2) is 16.8. The average molecular weight is 453 g/mol. The summed E-state index contributed by atoms with van der Waals surface area (Å²) in [4.78, 5) is 12.2. The molecule has 183 valence electrons. The minimum atomic E-state index is -0.142. The third kappa shape index (κ3) is 12.4. The third-order valence-electron chi connectivity index (χ3n) is 7.29. The molecule has 0 aliphatic heterocycles. The summed E-state index contributed by atoms with van der Waals surface area (Å²) >= 11 is 0. The fourth-order valence-electron chi connectivity index (χ4n) is 5.39. The van der Waals surface area contributed by atoms with Gasteiger partial charge in [0.2, 0.25) is 0 Å². The van der Waals surface area contributed by atoms with Gasteiger partial charge in [0.1, 0.15) is 13.0 Å². The molecule has 1 amide bonds. The number of carbonyl (C=O) groups excluding carboxylic acids is 1. The summed E-state index contributed by atoms with van der Waals surface area (Å²) in [6.07, 6.45) is 27.2. The van der Waals surface area contributed by atoms with Crippen LogP contribution < -0.4 is 5.32 Å². The molecular formula is C29H47BNO2. The van der Waals surface area contributed by atoms with Gasteiger partial charge in [0.05, 0.1) is 0 Å². The lowest BCUT2D eigenvalue weighted by atomic mass is 9.49. The van der Waals surface area contributed by atoms with Crippen LogP contribution in [0.1, 0.15) is 103 Å². The van der Waals surface area contributed by atoms with Crippen molar-refractivity contribution >= 4 is 13.2 Å². The fraction of sp³-hybridized carbons (Fsp3) is 0.690. The van der Waals surface area contributed by atoms with Crippen molar-refractivity contribution < 1.29 is 9.53 Å². The van der Waals surface area contributed by atoms with Gasteiger partial charge >= 0.3 is 0 Å². The summed E-state index contributed by atoms with van der Waals surface area (Å²) < 4.78 is 5.53. The normalized spacial score (nSPS) is 23.6. The number of hydrogen-bond donors (Lipinski definition) is 1. The van der Waals surface area contributed by atoms with Crippen LogP contribution in [0, 0.1) is 5.92 Å². The smallest absolute Gasteiger partial charge is 0.262 e. The highest BCUT2D eigenvalue weighted by Gasteiger charge is 2.22. The Morgan fingerprint density at radius 2 is 1.58 bits per heavy atom. The van der Waals surface area contributed by atoms with Crippen molar-refractivity contribution in [3.05, 3.63) is 48.9 Å². The second-order valence-electron chi connectivity index (χ2n) is 10.1. The molecular weight excluding hydrogens is 405 g/mol. The first-order valence-corrected chi connectivity index (χ1v) is 13.5. The minimum absolute atomic E-state index is 0.00247. The second-order valence-corrected chi connectivity index (χ2v) is 10.1. The SMILES string of the molecule is C=C/C=C\C(=C/C)OCC(=O)NC(=C)CCC1CCCC([B]C2CCCCCCC2)CCC1. The molecule has 0 heterocycles. The van der Waals surface area contributed by atoms with Gasteiger partial charge in [-0.1, -0.05) is 120 Å². The molecule has 2 aliphatic carbocycles. The van der Waals surface area contributed by atoms with Gasteiger partial charge in [-0.2, -0.15) is 0 Å². The van der Waals surface area contributed by atoms with Gasteiger partial charge in [0, 0.05) is 5.70 Å². The van der Waals surface area contributed by atoms with Gasteiger partial charge in [0.25, 0.3) is 5.91 Å². The number of hydrogen-bond acceptors (Lipinski definition) is 2. The topological polar surface area (TPSA) is 38.3 Å². The minimum Gasteiger partial charge on any atom is -0.484 e. The van der Waals surface area contributed by atoms with Crippen molar-refractivity contribution in [3.63, 3.8) is 0 Å². The highest BCUT2D eigenvalue weighted by molar-refractivity contribution is 6.39. The molecule has 2 rings (SSSR count). The van der Waals surface area contributed by atoms with E-state index in [4.69, 9.17) is 4.74 Å². The lowest BCUT2D eigenvalue weighted by Crippen LogP contribution is -2.26. The highest BCUT2D eigenvalue weighted by Crippen LogP contribution is 2.36. The van der Waals surface area contributed by atoms with Crippen molar-refractivity contribution in [2.45, 2.75) is 115 Å². The Labute approximate surface area is 204 Å². The van der Waals surface area contributed by atoms with Gasteiger partial charge in [-0.15, -0.1) is 0 Å². The summed E-state index contributed by atoms with van der Waals surface area (Å²) in [5, 5.41) is 2.91. The van der Waals surface area contributed by atoms with Crippen molar-refractivity contribution in [3.8, 4) is 0 Å². The highest BCUT2D eigenvalue weighted by atomic mass is 16.5. The Balaban J connectivity index is 1.62. The fourth-order valence-corrected chi connectivity index (χ4v) is 5.39. The molecule has 0 saturated heterocycles. The molecule has 4 heteroatoms. The average Bonchev–Trinajstić information content (AvgIpc) is 2.76. The Morgan fingerprint density at radius 3 is 2.18 bits per heavy atom. The first-order valence-electron chi connectivity index (χ1n) is 13.5. The summed E-state index contributed by atoms with van der Waals surface area (Å²) in [5.41, 5.74) is 0.810. The lowest BCUT2D eigenvalue weighted by molar-refractivity contribution is -0.123. The summed E-state index contributed by atoms with van der Waals surface area (Å²) in [7, 11) is 2.76. The summed E-state index contributed by atoms with van der Waals surface area (Å²) in [6, 6.07) is 0. The van der Waals surface area contributed by atoms with Gasteiger partial charge in [-0.05, 0) is 37.8 Å². The van der Waals surface area contributed by atoms with Crippen LogP contribution in [-0.2, 0) is 9.53 Å². The Kier molecular flexibility index (Phi) is 14.1. The van der Waals surface area contributed by atoms with E-state index < -0.39 is 0 Å². The Bertz CT molecular complexity index is 636. The van der Waals surface area contributed by atoms with Gasteiger partial charge in [0.15, 0.2) is 6.61 Å². The molecule has 0 unspecified atom stereocenters. The Morgan fingerprint density at radius 1 is 0.970 bits per heavy atom. The number of ether oxygens (including phenoxy) is 1. The molecule has 0 aromatic carbocycles. The van der Waals surface area contributed by atoms with E-state index in [1.54, 1.807) is 18.2 Å². The molecule has 0 aromatic heterocycles. The molecule has 1 radical (unpaired) electrons. The molecule has 3 nitrogen and oxygen atoms in total. The maximum absolute atomic E-state index is 12.2. The molecule has 0 spiro atoms. The van der Waals surface area contributed by atoms with E-state index >= 15 is 0 Å². The number of amides is 1. The molecule has 2 fully saturated rings. The standard InChI is InChI=1S/C29H47BNO2/c1-4-6-20-28(5-2)33-23-29(32)31-24(3)21-22-25-14-12-18-27(19-13-15-25)30-26-16-10-8-7-9-11-17-26/h4-6,20,25-27H,1,3,7-19,21-23H2,2H3,(H,31,32)/b20-6-,28-5+. The van der Waals surface area contributed by atoms with Gasteiger partial charge in [-0.25, -0.2) is 0 Å². The van der Waals surface area contributed by atoms with Gasteiger partial charge < -0.3 is 10.1 Å². The van der Waals surface area contributed by atoms with Crippen LogP contribution in [0.15, 0.2) is 48.9 Å². The van der Waals surface area contributed by atoms with Crippen molar-refractivity contribution in [2.75, 3.05) is 6.61 Å². The molecule has 2 saturated carbocycles. The quantitative estimate of drug-likeness (QED) is 0.196. The zero-order chi connectivity index (χ0) is 23.7. The number of rotatable bonds is 11. The van der Waals surface area contributed by atoms with Crippen molar-refractivity contribution in [1.29, 1.82) is 0 Å². The molecule has 33 heavy (non-hydrogen) atoms. The van der Waals surface area contributed by atoms with E-state index in [1.165, 1.54) is 83.5 Å². The van der Waals surface area contributed by atoms with E-state index in [0.29, 0.717) is 5.76 Å². The van der Waals surface area contributed by atoms with E-state index in [9.17, 15) is 4.79 Å². The molecule has 0 bridgehead atoms. The lowest BCUT2D eigenvalue weighted by Gasteiger charge is -2.28. The zero-order valence-electron chi connectivity index (χ0n) is 21.2. The third-order valence-corrected chi connectivity index (χ3v) is 7.29. The van der Waals surface area contributed by atoms with E-state index in [0.717, 1.165) is 36.1 Å². The summed E-state index contributed by atoms with van der Waals surface area (Å²) in [6.45, 7) is 9.60. The monoisotopic (exact) mass is 452 g/mol. The predicted octanol–water partition coefficient (Wildman–Crippen LogP) is 8.06. The van der Waals surface area contributed by atoms with E-state index in [1.807, 2.05) is 13.0 Å². The van der Waals surface area contributed by atoms with Crippen LogP contribution in [0.25, 0.3) is 0 Å².